The Balaban J connectivity index is 1.18. The van der Waals surface area contributed by atoms with Crippen molar-refractivity contribution >= 4 is 22.5 Å². The van der Waals surface area contributed by atoms with Gasteiger partial charge in [0.05, 0.1) is 23.5 Å². The number of carbonyl (C=O) groups excluding carboxylic acids is 1. The standard InChI is InChI=1S/C24H25N5O2/c1-16-17(2)29-22(26-16)7-8-23(27-29)31-15-18-9-12-28(13-10-18)24(30)20-5-6-21-19(14-20)4-3-11-25-21/h3-8,11,14,18H,9-10,12-13,15H2,1-2H3. The molecule has 1 amide bonds. The third-order valence-corrected chi connectivity index (χ3v) is 6.13. The van der Waals surface area contributed by atoms with Crippen LogP contribution in [0.4, 0.5) is 0 Å². The largest absolute Gasteiger partial charge is 0.476 e. The van der Waals surface area contributed by atoms with Crippen molar-refractivity contribution in [2.75, 3.05) is 19.7 Å². The second kappa shape index (κ2) is 7.98. The van der Waals surface area contributed by atoms with Crippen LogP contribution in [0.15, 0.2) is 48.7 Å². The Bertz CT molecular complexity index is 1260. The van der Waals surface area contributed by atoms with Crippen molar-refractivity contribution in [1.82, 2.24) is 24.5 Å². The fourth-order valence-electron chi connectivity index (χ4n) is 4.11. The van der Waals surface area contributed by atoms with E-state index >= 15 is 0 Å². The van der Waals surface area contributed by atoms with E-state index in [1.54, 1.807) is 6.20 Å². The summed E-state index contributed by atoms with van der Waals surface area (Å²) in [5.74, 6) is 1.10. The van der Waals surface area contributed by atoms with Crippen LogP contribution in [0.1, 0.15) is 34.6 Å². The number of imidazole rings is 1. The Morgan fingerprint density at radius 1 is 1.13 bits per heavy atom. The van der Waals surface area contributed by atoms with Gasteiger partial charge in [0.15, 0.2) is 5.65 Å². The predicted octanol–water partition coefficient (Wildman–Crippen LogP) is 3.83. The lowest BCUT2D eigenvalue weighted by Gasteiger charge is -2.32. The summed E-state index contributed by atoms with van der Waals surface area (Å²) in [4.78, 5) is 23.7. The average molecular weight is 415 g/mol. The van der Waals surface area contributed by atoms with E-state index in [2.05, 4.69) is 15.1 Å². The average Bonchev–Trinajstić information content (AvgIpc) is 3.10. The monoisotopic (exact) mass is 415 g/mol. The van der Waals surface area contributed by atoms with Crippen LogP contribution in [-0.2, 0) is 0 Å². The van der Waals surface area contributed by atoms with Gasteiger partial charge in [-0.1, -0.05) is 6.07 Å². The summed E-state index contributed by atoms with van der Waals surface area (Å²) in [6.07, 6.45) is 3.61. The van der Waals surface area contributed by atoms with Gasteiger partial charge in [0, 0.05) is 36.3 Å². The maximum absolute atomic E-state index is 12.9. The number of hydrogen-bond donors (Lipinski definition) is 0. The molecule has 0 bridgehead atoms. The minimum Gasteiger partial charge on any atom is -0.476 e. The molecule has 3 aromatic heterocycles. The minimum absolute atomic E-state index is 0.0863. The lowest BCUT2D eigenvalue weighted by atomic mass is 9.97. The Morgan fingerprint density at radius 2 is 1.97 bits per heavy atom. The zero-order valence-corrected chi connectivity index (χ0v) is 17.8. The van der Waals surface area contributed by atoms with Gasteiger partial charge in [0.2, 0.25) is 5.88 Å². The van der Waals surface area contributed by atoms with Crippen molar-refractivity contribution in [2.45, 2.75) is 26.7 Å². The number of fused-ring (bicyclic) bond motifs is 2. The third kappa shape index (κ3) is 3.83. The summed E-state index contributed by atoms with van der Waals surface area (Å²) in [6.45, 7) is 6.07. The quantitative estimate of drug-likeness (QED) is 0.507. The zero-order chi connectivity index (χ0) is 21.4. The Hall–Kier alpha value is -3.48. The number of aryl methyl sites for hydroxylation is 2. The van der Waals surface area contributed by atoms with Crippen LogP contribution in [-0.4, -0.2) is 50.1 Å². The molecule has 1 saturated heterocycles. The number of piperidine rings is 1. The molecule has 0 atom stereocenters. The van der Waals surface area contributed by atoms with Crippen molar-refractivity contribution in [2.24, 2.45) is 5.92 Å². The number of likely N-dealkylation sites (tertiary alicyclic amines) is 1. The molecule has 7 heteroatoms. The molecule has 1 aromatic carbocycles. The van der Waals surface area contributed by atoms with Crippen molar-refractivity contribution < 1.29 is 9.53 Å². The molecule has 31 heavy (non-hydrogen) atoms. The summed E-state index contributed by atoms with van der Waals surface area (Å²) in [7, 11) is 0. The normalized spacial score (nSPS) is 15.0. The molecule has 0 saturated carbocycles. The summed E-state index contributed by atoms with van der Waals surface area (Å²) in [6, 6.07) is 13.4. The van der Waals surface area contributed by atoms with Crippen LogP contribution < -0.4 is 4.74 Å². The molecule has 0 aliphatic carbocycles. The molecule has 7 nitrogen and oxygen atoms in total. The number of carbonyl (C=O) groups is 1. The van der Waals surface area contributed by atoms with E-state index in [1.807, 2.05) is 65.7 Å². The third-order valence-electron chi connectivity index (χ3n) is 6.13. The number of nitrogens with zero attached hydrogens (tertiary/aromatic N) is 5. The first-order valence-electron chi connectivity index (χ1n) is 10.7. The molecule has 0 unspecified atom stereocenters. The zero-order valence-electron chi connectivity index (χ0n) is 17.8. The highest BCUT2D eigenvalue weighted by molar-refractivity contribution is 5.98. The number of ether oxygens (including phenoxy) is 1. The molecule has 0 N–H and O–H groups in total. The van der Waals surface area contributed by atoms with Gasteiger partial charge in [-0.15, -0.1) is 5.10 Å². The first kappa shape index (κ1) is 19.5. The Labute approximate surface area is 180 Å². The van der Waals surface area contributed by atoms with Gasteiger partial charge in [-0.25, -0.2) is 9.50 Å². The second-order valence-corrected chi connectivity index (χ2v) is 8.18. The van der Waals surface area contributed by atoms with Gasteiger partial charge in [-0.05, 0) is 62.9 Å². The number of benzene rings is 1. The second-order valence-electron chi connectivity index (χ2n) is 8.18. The Kier molecular flexibility index (Phi) is 5.02. The minimum atomic E-state index is 0.0863. The summed E-state index contributed by atoms with van der Waals surface area (Å²) in [5, 5.41) is 5.54. The van der Waals surface area contributed by atoms with Crippen LogP contribution in [0.2, 0.25) is 0 Å². The molecule has 4 heterocycles. The molecular weight excluding hydrogens is 390 g/mol. The molecule has 5 rings (SSSR count). The molecule has 0 radical (unpaired) electrons. The summed E-state index contributed by atoms with van der Waals surface area (Å²) >= 11 is 0. The van der Waals surface area contributed by atoms with E-state index < -0.39 is 0 Å². The van der Waals surface area contributed by atoms with Crippen LogP contribution in [0.3, 0.4) is 0 Å². The van der Waals surface area contributed by atoms with Gasteiger partial charge in [0.25, 0.3) is 5.91 Å². The smallest absolute Gasteiger partial charge is 0.253 e. The Morgan fingerprint density at radius 3 is 2.81 bits per heavy atom. The van der Waals surface area contributed by atoms with Crippen LogP contribution >= 0.6 is 0 Å². The molecule has 158 valence electrons. The molecule has 1 aliphatic heterocycles. The number of pyridine rings is 1. The predicted molar refractivity (Wildman–Crippen MR) is 118 cm³/mol. The summed E-state index contributed by atoms with van der Waals surface area (Å²) < 4.78 is 7.80. The van der Waals surface area contributed by atoms with Crippen molar-refractivity contribution in [3.05, 3.63) is 65.6 Å². The highest BCUT2D eigenvalue weighted by atomic mass is 16.5. The molecular formula is C24H25N5O2. The van der Waals surface area contributed by atoms with E-state index in [4.69, 9.17) is 4.74 Å². The lowest BCUT2D eigenvalue weighted by Crippen LogP contribution is -2.39. The van der Waals surface area contributed by atoms with Crippen molar-refractivity contribution in [3.8, 4) is 5.88 Å². The number of hydrogen-bond acceptors (Lipinski definition) is 5. The fraction of sp³-hybridized carbons (Fsp3) is 0.333. The fourth-order valence-corrected chi connectivity index (χ4v) is 4.11. The molecule has 0 spiro atoms. The first-order chi connectivity index (χ1) is 15.1. The van der Waals surface area contributed by atoms with Crippen LogP contribution in [0.5, 0.6) is 5.88 Å². The van der Waals surface area contributed by atoms with Gasteiger partial charge in [-0.3, -0.25) is 9.78 Å². The number of amides is 1. The van der Waals surface area contributed by atoms with Gasteiger partial charge >= 0.3 is 0 Å². The number of rotatable bonds is 4. The maximum Gasteiger partial charge on any atom is 0.253 e. The van der Waals surface area contributed by atoms with E-state index in [9.17, 15) is 4.79 Å². The topological polar surface area (TPSA) is 72.6 Å². The van der Waals surface area contributed by atoms with Crippen LogP contribution in [0, 0.1) is 19.8 Å². The molecule has 4 aromatic rings. The SMILES string of the molecule is Cc1nc2ccc(OCC3CCN(C(=O)c4ccc5ncccc5c4)CC3)nn2c1C. The van der Waals surface area contributed by atoms with Crippen molar-refractivity contribution in [1.29, 1.82) is 0 Å². The van der Waals surface area contributed by atoms with Crippen LogP contribution in [0.25, 0.3) is 16.6 Å². The first-order valence-corrected chi connectivity index (χ1v) is 10.7. The lowest BCUT2D eigenvalue weighted by molar-refractivity contribution is 0.0659. The summed E-state index contributed by atoms with van der Waals surface area (Å²) in [5.41, 5.74) is 4.46. The van der Waals surface area contributed by atoms with E-state index in [1.165, 1.54) is 0 Å². The van der Waals surface area contributed by atoms with Gasteiger partial charge in [-0.2, -0.15) is 0 Å². The molecule has 1 aliphatic rings. The van der Waals surface area contributed by atoms with Gasteiger partial charge < -0.3 is 9.64 Å². The highest BCUT2D eigenvalue weighted by Crippen LogP contribution is 2.22. The number of aromatic nitrogens is 4. The van der Waals surface area contributed by atoms with E-state index in [0.29, 0.717) is 18.4 Å². The van der Waals surface area contributed by atoms with E-state index in [0.717, 1.165) is 59.4 Å². The van der Waals surface area contributed by atoms with Crippen molar-refractivity contribution in [3.63, 3.8) is 0 Å². The van der Waals surface area contributed by atoms with E-state index in [-0.39, 0.29) is 5.91 Å². The van der Waals surface area contributed by atoms with Gasteiger partial charge in [0.1, 0.15) is 0 Å². The highest BCUT2D eigenvalue weighted by Gasteiger charge is 2.24. The molecule has 1 fully saturated rings. The maximum atomic E-state index is 12.9.